The maximum atomic E-state index is 13.5. The Morgan fingerprint density at radius 1 is 0.967 bits per heavy atom. The van der Waals surface area contributed by atoms with E-state index in [1.165, 1.54) is 0 Å². The predicted octanol–water partition coefficient (Wildman–Crippen LogP) is 4.89. The smallest absolute Gasteiger partial charge is 0.340 e. The molecule has 0 radical (unpaired) electrons. The van der Waals surface area contributed by atoms with Crippen LogP contribution in [0.3, 0.4) is 0 Å². The molecule has 0 bridgehead atoms. The summed E-state index contributed by atoms with van der Waals surface area (Å²) in [5.74, 6) is -0.695. The molecule has 2 aromatic carbocycles. The van der Waals surface area contributed by atoms with Gasteiger partial charge in [0.05, 0.1) is 29.3 Å². The van der Waals surface area contributed by atoms with Gasteiger partial charge in [0.1, 0.15) is 5.69 Å². The highest BCUT2D eigenvalue weighted by Gasteiger charge is 2.29. The van der Waals surface area contributed by atoms with Crippen LogP contribution in [0.15, 0.2) is 79.0 Å². The van der Waals surface area contributed by atoms with Crippen LogP contribution >= 0.6 is 0 Å². The van der Waals surface area contributed by atoms with Crippen LogP contribution in [0.5, 0.6) is 0 Å². The van der Waals surface area contributed by atoms with Crippen LogP contribution in [0.25, 0.3) is 16.6 Å². The molecule has 146 valence electrons. The third-order valence-electron chi connectivity index (χ3n) is 4.88. The van der Waals surface area contributed by atoms with Gasteiger partial charge in [-0.25, -0.2) is 4.79 Å². The second-order valence-corrected chi connectivity index (χ2v) is 6.66. The summed E-state index contributed by atoms with van der Waals surface area (Å²) in [5.41, 5.74) is 3.49. The molecule has 2 heterocycles. The second kappa shape index (κ2) is 8.06. The Morgan fingerprint density at radius 2 is 1.67 bits per heavy atom. The van der Waals surface area contributed by atoms with Crippen molar-refractivity contribution in [3.8, 4) is 17.2 Å². The number of ether oxygens (including phenoxy) is 1. The van der Waals surface area contributed by atoms with E-state index < -0.39 is 5.97 Å². The van der Waals surface area contributed by atoms with Gasteiger partial charge in [0.2, 0.25) is 5.78 Å². The van der Waals surface area contributed by atoms with E-state index in [-0.39, 0.29) is 12.4 Å². The predicted molar refractivity (Wildman–Crippen MR) is 113 cm³/mol. The Hall–Kier alpha value is -4.17. The molecule has 4 aromatic rings. The standard InChI is InChI=1S/C25H18N2O3/c1-2-30-25(29)22-20-10-6-7-15-27(20)23(24(28)19-8-4-3-5-9-19)21(22)18-13-11-17(16-26)12-14-18/h3-15H,2H2,1H3. The maximum Gasteiger partial charge on any atom is 0.340 e. The minimum atomic E-state index is -0.493. The lowest BCUT2D eigenvalue weighted by Crippen LogP contribution is -2.08. The number of nitriles is 1. The van der Waals surface area contributed by atoms with Crippen molar-refractivity contribution >= 4 is 17.3 Å². The van der Waals surface area contributed by atoms with Crippen molar-refractivity contribution in [2.75, 3.05) is 6.61 Å². The molecule has 0 aliphatic rings. The van der Waals surface area contributed by atoms with E-state index in [4.69, 9.17) is 10.00 Å². The number of ketones is 1. The second-order valence-electron chi connectivity index (χ2n) is 6.66. The Labute approximate surface area is 173 Å². The number of carbonyl (C=O) groups excluding carboxylic acids is 2. The minimum absolute atomic E-state index is 0.202. The van der Waals surface area contributed by atoms with Gasteiger partial charge in [0, 0.05) is 17.3 Å². The zero-order chi connectivity index (χ0) is 21.1. The van der Waals surface area contributed by atoms with Crippen LogP contribution in [0.1, 0.15) is 38.9 Å². The number of hydrogen-bond donors (Lipinski definition) is 0. The summed E-state index contributed by atoms with van der Waals surface area (Å²) in [6, 6.07) is 23.3. The molecular weight excluding hydrogens is 376 g/mol. The number of benzene rings is 2. The van der Waals surface area contributed by atoms with Crippen LogP contribution in [0.4, 0.5) is 0 Å². The number of carbonyl (C=O) groups is 2. The number of nitrogens with zero attached hydrogens (tertiary/aromatic N) is 2. The van der Waals surface area contributed by atoms with Gasteiger partial charge in [0.25, 0.3) is 0 Å². The molecule has 0 aliphatic heterocycles. The summed E-state index contributed by atoms with van der Waals surface area (Å²) < 4.78 is 7.06. The van der Waals surface area contributed by atoms with Crippen LogP contribution < -0.4 is 0 Å². The first kappa shape index (κ1) is 19.2. The number of rotatable bonds is 5. The summed E-state index contributed by atoms with van der Waals surface area (Å²) in [5, 5.41) is 9.14. The molecule has 0 aliphatic carbocycles. The molecular formula is C25H18N2O3. The highest BCUT2D eigenvalue weighted by molar-refractivity contribution is 6.18. The Balaban J connectivity index is 2.07. The first-order valence-electron chi connectivity index (χ1n) is 9.56. The van der Waals surface area contributed by atoms with Crippen molar-refractivity contribution < 1.29 is 14.3 Å². The number of pyridine rings is 1. The maximum absolute atomic E-state index is 13.5. The average molecular weight is 394 g/mol. The third-order valence-corrected chi connectivity index (χ3v) is 4.88. The summed E-state index contributed by atoms with van der Waals surface area (Å²) in [6.07, 6.45) is 1.77. The lowest BCUT2D eigenvalue weighted by molar-refractivity contribution is 0.0529. The molecule has 0 fully saturated rings. The molecule has 5 nitrogen and oxygen atoms in total. The van der Waals surface area contributed by atoms with Crippen LogP contribution in [-0.4, -0.2) is 22.8 Å². The topological polar surface area (TPSA) is 71.6 Å². The number of hydrogen-bond acceptors (Lipinski definition) is 4. The summed E-state index contributed by atoms with van der Waals surface area (Å²) in [4.78, 5) is 26.5. The zero-order valence-electron chi connectivity index (χ0n) is 16.3. The average Bonchev–Trinajstić information content (AvgIpc) is 3.14. The van der Waals surface area contributed by atoms with Gasteiger partial charge in [-0.05, 0) is 36.8 Å². The van der Waals surface area contributed by atoms with Gasteiger partial charge >= 0.3 is 5.97 Å². The molecule has 0 saturated heterocycles. The van der Waals surface area contributed by atoms with Crippen LogP contribution in [0.2, 0.25) is 0 Å². The van der Waals surface area contributed by atoms with Gasteiger partial charge in [-0.1, -0.05) is 48.5 Å². The van der Waals surface area contributed by atoms with Crippen LogP contribution in [-0.2, 0) is 4.74 Å². The van der Waals surface area contributed by atoms with Gasteiger partial charge in [-0.2, -0.15) is 5.26 Å². The summed E-state index contributed by atoms with van der Waals surface area (Å²) in [7, 11) is 0. The van der Waals surface area contributed by atoms with Crippen molar-refractivity contribution in [1.29, 1.82) is 5.26 Å². The van der Waals surface area contributed by atoms with Crippen molar-refractivity contribution in [2.24, 2.45) is 0 Å². The number of fused-ring (bicyclic) bond motifs is 1. The molecule has 5 heteroatoms. The summed E-state index contributed by atoms with van der Waals surface area (Å²) >= 11 is 0. The van der Waals surface area contributed by atoms with E-state index in [1.807, 2.05) is 18.2 Å². The first-order valence-corrected chi connectivity index (χ1v) is 9.56. The van der Waals surface area contributed by atoms with Crippen molar-refractivity contribution in [2.45, 2.75) is 6.92 Å². The Bertz CT molecular complexity index is 1280. The van der Waals surface area contributed by atoms with E-state index in [0.717, 1.165) is 0 Å². The fourth-order valence-electron chi connectivity index (χ4n) is 3.56. The van der Waals surface area contributed by atoms with Gasteiger partial charge < -0.3 is 9.14 Å². The lowest BCUT2D eigenvalue weighted by atomic mass is 9.96. The van der Waals surface area contributed by atoms with E-state index in [9.17, 15) is 9.59 Å². The Morgan fingerprint density at radius 3 is 2.33 bits per heavy atom. The molecule has 0 unspecified atom stereocenters. The largest absolute Gasteiger partial charge is 0.462 e. The fraction of sp³-hybridized carbons (Fsp3) is 0.0800. The summed E-state index contributed by atoms with van der Waals surface area (Å²) in [6.45, 7) is 1.96. The van der Waals surface area contributed by atoms with Crippen LogP contribution in [0, 0.1) is 11.3 Å². The SMILES string of the molecule is CCOC(=O)c1c(-c2ccc(C#N)cc2)c(C(=O)c2ccccc2)n2ccccc12. The highest BCUT2D eigenvalue weighted by atomic mass is 16.5. The van der Waals surface area contributed by atoms with Gasteiger partial charge in [-0.3, -0.25) is 4.79 Å². The minimum Gasteiger partial charge on any atom is -0.462 e. The van der Waals surface area contributed by atoms with Crippen molar-refractivity contribution in [1.82, 2.24) is 4.40 Å². The molecule has 0 spiro atoms. The van der Waals surface area contributed by atoms with Gasteiger partial charge in [0.15, 0.2) is 0 Å². The Kier molecular flexibility index (Phi) is 5.15. The zero-order valence-corrected chi connectivity index (χ0v) is 16.3. The molecule has 0 amide bonds. The molecule has 4 rings (SSSR count). The van der Waals surface area contributed by atoms with Crippen molar-refractivity contribution in [3.05, 3.63) is 101 Å². The monoisotopic (exact) mass is 394 g/mol. The number of aromatic nitrogens is 1. The molecule has 2 aromatic heterocycles. The number of esters is 1. The van der Waals surface area contributed by atoms with E-state index in [2.05, 4.69) is 6.07 Å². The van der Waals surface area contributed by atoms with E-state index >= 15 is 0 Å². The normalized spacial score (nSPS) is 10.5. The third kappa shape index (κ3) is 3.25. The lowest BCUT2D eigenvalue weighted by Gasteiger charge is -2.08. The molecule has 30 heavy (non-hydrogen) atoms. The first-order chi connectivity index (χ1) is 14.7. The molecule has 0 saturated carbocycles. The highest BCUT2D eigenvalue weighted by Crippen LogP contribution is 2.35. The van der Waals surface area contributed by atoms with E-state index in [0.29, 0.717) is 39.0 Å². The quantitative estimate of drug-likeness (QED) is 0.357. The van der Waals surface area contributed by atoms with E-state index in [1.54, 1.807) is 72.1 Å². The van der Waals surface area contributed by atoms with Gasteiger partial charge in [-0.15, -0.1) is 0 Å². The molecule has 0 atom stereocenters. The molecule has 0 N–H and O–H groups in total. The van der Waals surface area contributed by atoms with Crippen molar-refractivity contribution in [3.63, 3.8) is 0 Å². The fourth-order valence-corrected chi connectivity index (χ4v) is 3.56.